The zero-order chi connectivity index (χ0) is 8.39. The molecule has 0 spiro atoms. The van der Waals surface area contributed by atoms with Gasteiger partial charge in [-0.05, 0) is 38.1 Å². The molecule has 0 atom stereocenters. The summed E-state index contributed by atoms with van der Waals surface area (Å²) in [4.78, 5) is 0. The van der Waals surface area contributed by atoms with Crippen LogP contribution in [0.15, 0.2) is 18.3 Å². The van der Waals surface area contributed by atoms with Crippen molar-refractivity contribution in [1.29, 1.82) is 0 Å². The molecule has 0 aliphatic carbocycles. The van der Waals surface area contributed by atoms with E-state index in [-0.39, 0.29) is 0 Å². The molecule has 0 amide bonds. The highest BCUT2D eigenvalue weighted by molar-refractivity contribution is 5.13. The van der Waals surface area contributed by atoms with Gasteiger partial charge in [0.2, 0.25) is 0 Å². The molecule has 1 N–H and O–H groups in total. The van der Waals surface area contributed by atoms with Gasteiger partial charge in [-0.2, -0.15) is 0 Å². The molecule has 0 unspecified atom stereocenters. The quantitative estimate of drug-likeness (QED) is 0.665. The summed E-state index contributed by atoms with van der Waals surface area (Å²) in [6.45, 7) is 2.35. The van der Waals surface area contributed by atoms with E-state index in [9.17, 15) is 0 Å². The Kier molecular flexibility index (Phi) is 2.17. The fourth-order valence-electron chi connectivity index (χ4n) is 2.02. The Hall–Kier alpha value is -0.760. The zero-order valence-corrected chi connectivity index (χ0v) is 7.59. The van der Waals surface area contributed by atoms with Crippen LogP contribution in [0.3, 0.4) is 0 Å². The highest BCUT2D eigenvalue weighted by Gasteiger charge is 2.16. The molecule has 12 heavy (non-hydrogen) atoms. The van der Waals surface area contributed by atoms with Crippen LogP contribution in [0.1, 0.15) is 24.5 Å². The first-order valence-electron chi connectivity index (χ1n) is 4.70. The van der Waals surface area contributed by atoms with Crippen molar-refractivity contribution in [3.8, 4) is 0 Å². The van der Waals surface area contributed by atoms with Gasteiger partial charge in [0.25, 0.3) is 0 Å². The Morgan fingerprint density at radius 3 is 2.75 bits per heavy atom. The Morgan fingerprint density at radius 1 is 1.42 bits per heavy atom. The van der Waals surface area contributed by atoms with E-state index in [2.05, 4.69) is 35.3 Å². The molecule has 1 saturated heterocycles. The van der Waals surface area contributed by atoms with E-state index in [1.54, 1.807) is 0 Å². The van der Waals surface area contributed by atoms with E-state index in [0.29, 0.717) is 0 Å². The monoisotopic (exact) mass is 164 g/mol. The molecular formula is C10H16N2. The first-order chi connectivity index (χ1) is 5.88. The van der Waals surface area contributed by atoms with Gasteiger partial charge in [0.1, 0.15) is 0 Å². The van der Waals surface area contributed by atoms with Gasteiger partial charge in [0.05, 0.1) is 0 Å². The average Bonchev–Trinajstić information content (AvgIpc) is 2.53. The van der Waals surface area contributed by atoms with Crippen LogP contribution in [0.2, 0.25) is 0 Å². The summed E-state index contributed by atoms with van der Waals surface area (Å²) in [5.41, 5.74) is 1.50. The highest BCUT2D eigenvalue weighted by atomic mass is 14.9. The molecule has 1 aliphatic rings. The predicted octanol–water partition coefficient (Wildman–Crippen LogP) is 1.49. The topological polar surface area (TPSA) is 17.0 Å². The maximum absolute atomic E-state index is 3.39. The van der Waals surface area contributed by atoms with Gasteiger partial charge in [-0.25, -0.2) is 0 Å². The molecule has 0 radical (unpaired) electrons. The normalized spacial score (nSPS) is 19.8. The van der Waals surface area contributed by atoms with E-state index < -0.39 is 0 Å². The van der Waals surface area contributed by atoms with E-state index >= 15 is 0 Å². The number of aryl methyl sites for hydroxylation is 1. The van der Waals surface area contributed by atoms with Gasteiger partial charge in [-0.15, -0.1) is 0 Å². The van der Waals surface area contributed by atoms with E-state index in [1.165, 1.54) is 31.6 Å². The van der Waals surface area contributed by atoms with Crippen molar-refractivity contribution in [2.45, 2.75) is 18.8 Å². The number of aromatic nitrogens is 1. The van der Waals surface area contributed by atoms with Crippen LogP contribution in [0.4, 0.5) is 0 Å². The molecule has 1 aliphatic heterocycles. The first kappa shape index (κ1) is 7.87. The van der Waals surface area contributed by atoms with Gasteiger partial charge in [-0.1, -0.05) is 0 Å². The van der Waals surface area contributed by atoms with Crippen LogP contribution in [0, 0.1) is 0 Å². The fourth-order valence-corrected chi connectivity index (χ4v) is 2.02. The van der Waals surface area contributed by atoms with Crippen molar-refractivity contribution in [3.63, 3.8) is 0 Å². The van der Waals surface area contributed by atoms with Gasteiger partial charge in [-0.3, -0.25) is 0 Å². The Labute approximate surface area is 73.6 Å². The number of piperidine rings is 1. The summed E-state index contributed by atoms with van der Waals surface area (Å²) < 4.78 is 2.25. The molecule has 0 bridgehead atoms. The molecule has 2 rings (SSSR count). The SMILES string of the molecule is Cn1cccc1C1CCNCC1. The lowest BCUT2D eigenvalue weighted by atomic mass is 9.95. The molecular weight excluding hydrogens is 148 g/mol. The summed E-state index contributed by atoms with van der Waals surface area (Å²) >= 11 is 0. The van der Waals surface area contributed by atoms with Crippen LogP contribution in [0.25, 0.3) is 0 Å². The number of nitrogens with one attached hydrogen (secondary N) is 1. The van der Waals surface area contributed by atoms with Crippen molar-refractivity contribution in [2.24, 2.45) is 7.05 Å². The molecule has 1 fully saturated rings. The maximum atomic E-state index is 3.39. The zero-order valence-electron chi connectivity index (χ0n) is 7.59. The molecule has 66 valence electrons. The van der Waals surface area contributed by atoms with Crippen molar-refractivity contribution in [2.75, 3.05) is 13.1 Å². The smallest absolute Gasteiger partial charge is 0.0203 e. The van der Waals surface area contributed by atoms with Crippen LogP contribution < -0.4 is 5.32 Å². The lowest BCUT2D eigenvalue weighted by Crippen LogP contribution is -2.27. The second-order valence-corrected chi connectivity index (χ2v) is 3.57. The lowest BCUT2D eigenvalue weighted by Gasteiger charge is -2.23. The van der Waals surface area contributed by atoms with Crippen molar-refractivity contribution in [3.05, 3.63) is 24.0 Å². The number of nitrogens with zero attached hydrogens (tertiary/aromatic N) is 1. The molecule has 0 saturated carbocycles. The van der Waals surface area contributed by atoms with Crippen molar-refractivity contribution >= 4 is 0 Å². The number of hydrogen-bond acceptors (Lipinski definition) is 1. The van der Waals surface area contributed by atoms with Crippen LogP contribution in [-0.2, 0) is 7.05 Å². The van der Waals surface area contributed by atoms with Gasteiger partial charge in [0.15, 0.2) is 0 Å². The van der Waals surface area contributed by atoms with Crippen molar-refractivity contribution in [1.82, 2.24) is 9.88 Å². The summed E-state index contributed by atoms with van der Waals surface area (Å²) in [6, 6.07) is 4.38. The van der Waals surface area contributed by atoms with Gasteiger partial charge in [0, 0.05) is 24.9 Å². The van der Waals surface area contributed by atoms with Crippen molar-refractivity contribution < 1.29 is 0 Å². The van der Waals surface area contributed by atoms with Crippen LogP contribution >= 0.6 is 0 Å². The summed E-state index contributed by atoms with van der Waals surface area (Å²) in [5, 5.41) is 3.39. The van der Waals surface area contributed by atoms with E-state index in [4.69, 9.17) is 0 Å². The third kappa shape index (κ3) is 1.39. The third-order valence-corrected chi connectivity index (χ3v) is 2.74. The number of rotatable bonds is 1. The molecule has 0 aromatic carbocycles. The highest BCUT2D eigenvalue weighted by Crippen LogP contribution is 2.24. The minimum absolute atomic E-state index is 0.784. The van der Waals surface area contributed by atoms with Crippen LogP contribution in [0.5, 0.6) is 0 Å². The summed E-state index contributed by atoms with van der Waals surface area (Å²) in [6.07, 6.45) is 4.72. The minimum atomic E-state index is 0.784. The summed E-state index contributed by atoms with van der Waals surface area (Å²) in [7, 11) is 2.14. The van der Waals surface area contributed by atoms with E-state index in [1.807, 2.05) is 0 Å². The van der Waals surface area contributed by atoms with Gasteiger partial charge >= 0.3 is 0 Å². The predicted molar refractivity (Wildman–Crippen MR) is 50.3 cm³/mol. The second-order valence-electron chi connectivity index (χ2n) is 3.57. The maximum Gasteiger partial charge on any atom is 0.0203 e. The Bertz CT molecular complexity index is 246. The molecule has 2 nitrogen and oxygen atoms in total. The first-order valence-corrected chi connectivity index (χ1v) is 4.70. The Morgan fingerprint density at radius 2 is 2.17 bits per heavy atom. The van der Waals surface area contributed by atoms with Crippen LogP contribution in [-0.4, -0.2) is 17.7 Å². The number of hydrogen-bond donors (Lipinski definition) is 1. The standard InChI is InChI=1S/C10H16N2/c1-12-8-2-3-10(12)9-4-6-11-7-5-9/h2-3,8-9,11H,4-7H2,1H3. The minimum Gasteiger partial charge on any atom is -0.354 e. The fraction of sp³-hybridized carbons (Fsp3) is 0.600. The second kappa shape index (κ2) is 3.31. The van der Waals surface area contributed by atoms with Gasteiger partial charge < -0.3 is 9.88 Å². The average molecular weight is 164 g/mol. The third-order valence-electron chi connectivity index (χ3n) is 2.74. The lowest BCUT2D eigenvalue weighted by molar-refractivity contribution is 0.445. The molecule has 1 aromatic heterocycles. The van der Waals surface area contributed by atoms with E-state index in [0.717, 1.165) is 5.92 Å². The largest absolute Gasteiger partial charge is 0.354 e. The molecule has 1 aromatic rings. The molecule has 2 heteroatoms. The Balaban J connectivity index is 2.13. The summed E-state index contributed by atoms with van der Waals surface area (Å²) in [5.74, 6) is 0.784. The molecule has 2 heterocycles.